The fourth-order valence-corrected chi connectivity index (χ4v) is 3.64. The van der Waals surface area contributed by atoms with E-state index in [1.165, 1.54) is 6.20 Å². The zero-order valence-electron chi connectivity index (χ0n) is 17.1. The predicted molar refractivity (Wildman–Crippen MR) is 112 cm³/mol. The summed E-state index contributed by atoms with van der Waals surface area (Å²) in [5.41, 5.74) is 7.90. The highest BCUT2D eigenvalue weighted by Crippen LogP contribution is 2.33. The number of amides is 2. The highest BCUT2D eigenvalue weighted by Gasteiger charge is 2.36. The second kappa shape index (κ2) is 9.05. The molecule has 2 aromatic rings. The number of carbonyl (C=O) groups excluding carboxylic acids is 2. The molecular weight excluding hydrogens is 368 g/mol. The summed E-state index contributed by atoms with van der Waals surface area (Å²) in [6.07, 6.45) is 2.97. The lowest BCUT2D eigenvalue weighted by Crippen LogP contribution is -2.47. The van der Waals surface area contributed by atoms with Crippen LogP contribution in [0.3, 0.4) is 0 Å². The SMILES string of the molecule is Cc1cc(NC(=O)C(=O)N2CC[C@H](OC(C)C)C[C@H]2c2ccccc2)cnc1N. The molecule has 1 aliphatic heterocycles. The van der Waals surface area contributed by atoms with Crippen LogP contribution in [0.15, 0.2) is 42.6 Å². The summed E-state index contributed by atoms with van der Waals surface area (Å²) < 4.78 is 5.99. The van der Waals surface area contributed by atoms with Gasteiger partial charge in [0, 0.05) is 6.54 Å². The first-order valence-corrected chi connectivity index (χ1v) is 9.89. The molecule has 0 unspecified atom stereocenters. The Morgan fingerprint density at radius 1 is 1.28 bits per heavy atom. The first-order chi connectivity index (χ1) is 13.8. The van der Waals surface area contributed by atoms with Gasteiger partial charge in [-0.25, -0.2) is 4.98 Å². The van der Waals surface area contributed by atoms with Crippen LogP contribution in [-0.4, -0.2) is 40.5 Å². The number of hydrogen-bond donors (Lipinski definition) is 2. The maximum atomic E-state index is 13.0. The number of rotatable bonds is 4. The molecule has 2 amide bonds. The van der Waals surface area contributed by atoms with Gasteiger partial charge in [0.1, 0.15) is 5.82 Å². The predicted octanol–water partition coefficient (Wildman–Crippen LogP) is 3.07. The van der Waals surface area contributed by atoms with Crippen molar-refractivity contribution in [3.63, 3.8) is 0 Å². The zero-order valence-corrected chi connectivity index (χ0v) is 17.1. The second-order valence-corrected chi connectivity index (χ2v) is 7.64. The fraction of sp³-hybridized carbons (Fsp3) is 0.409. The van der Waals surface area contributed by atoms with Gasteiger partial charge in [0.05, 0.1) is 30.1 Å². The van der Waals surface area contributed by atoms with Crippen LogP contribution in [-0.2, 0) is 14.3 Å². The molecule has 1 saturated heterocycles. The number of benzene rings is 1. The summed E-state index contributed by atoms with van der Waals surface area (Å²) >= 11 is 0. The minimum absolute atomic E-state index is 0.0521. The fourth-order valence-electron chi connectivity index (χ4n) is 3.64. The average Bonchev–Trinajstić information content (AvgIpc) is 2.70. The number of ether oxygens (including phenoxy) is 1. The topological polar surface area (TPSA) is 97.5 Å². The van der Waals surface area contributed by atoms with Crippen LogP contribution >= 0.6 is 0 Å². The van der Waals surface area contributed by atoms with Crippen molar-refractivity contribution >= 4 is 23.3 Å². The smallest absolute Gasteiger partial charge is 0.313 e. The lowest BCUT2D eigenvalue weighted by atomic mass is 9.93. The lowest BCUT2D eigenvalue weighted by Gasteiger charge is -2.39. The van der Waals surface area contributed by atoms with Crippen LogP contribution in [0.2, 0.25) is 0 Å². The summed E-state index contributed by atoms with van der Waals surface area (Å²) in [4.78, 5) is 31.3. The van der Waals surface area contributed by atoms with Gasteiger partial charge < -0.3 is 20.7 Å². The number of anilines is 2. The van der Waals surface area contributed by atoms with Gasteiger partial charge in [-0.1, -0.05) is 30.3 Å². The van der Waals surface area contributed by atoms with Gasteiger partial charge in [-0.15, -0.1) is 0 Å². The number of hydrogen-bond acceptors (Lipinski definition) is 5. The summed E-state index contributed by atoms with van der Waals surface area (Å²) in [5.74, 6) is -0.845. The molecule has 0 saturated carbocycles. The molecule has 0 bridgehead atoms. The third-order valence-corrected chi connectivity index (χ3v) is 5.04. The first kappa shape index (κ1) is 20.8. The Morgan fingerprint density at radius 2 is 2.00 bits per heavy atom. The monoisotopic (exact) mass is 396 g/mol. The van der Waals surface area contributed by atoms with Crippen molar-refractivity contribution < 1.29 is 14.3 Å². The van der Waals surface area contributed by atoms with E-state index < -0.39 is 11.8 Å². The highest BCUT2D eigenvalue weighted by atomic mass is 16.5. The number of likely N-dealkylation sites (tertiary alicyclic amines) is 1. The van der Waals surface area contributed by atoms with Crippen molar-refractivity contribution in [2.75, 3.05) is 17.6 Å². The minimum Gasteiger partial charge on any atom is -0.383 e. The molecule has 1 aromatic carbocycles. The number of nitrogen functional groups attached to an aromatic ring is 1. The molecule has 0 radical (unpaired) electrons. The molecule has 3 N–H and O–H groups in total. The van der Waals surface area contributed by atoms with Crippen molar-refractivity contribution in [2.45, 2.75) is 51.9 Å². The molecule has 7 heteroatoms. The van der Waals surface area contributed by atoms with Gasteiger partial charge in [0.15, 0.2) is 0 Å². The zero-order chi connectivity index (χ0) is 21.0. The van der Waals surface area contributed by atoms with Gasteiger partial charge in [-0.2, -0.15) is 0 Å². The molecule has 154 valence electrons. The number of nitrogens with zero attached hydrogens (tertiary/aromatic N) is 2. The van der Waals surface area contributed by atoms with E-state index in [0.717, 1.165) is 11.1 Å². The van der Waals surface area contributed by atoms with Crippen LogP contribution in [0.5, 0.6) is 0 Å². The van der Waals surface area contributed by atoms with Crippen molar-refractivity contribution in [3.05, 3.63) is 53.7 Å². The number of aryl methyl sites for hydroxylation is 1. The first-order valence-electron chi connectivity index (χ1n) is 9.89. The van der Waals surface area contributed by atoms with Crippen LogP contribution in [0, 0.1) is 6.92 Å². The normalized spacial score (nSPS) is 19.2. The molecule has 2 heterocycles. The quantitative estimate of drug-likeness (QED) is 0.774. The molecular formula is C22H28N4O3. The van der Waals surface area contributed by atoms with E-state index >= 15 is 0 Å². The van der Waals surface area contributed by atoms with Gasteiger partial charge in [0.25, 0.3) is 0 Å². The van der Waals surface area contributed by atoms with Crippen LogP contribution in [0.1, 0.15) is 43.9 Å². The largest absolute Gasteiger partial charge is 0.383 e. The van der Waals surface area contributed by atoms with Gasteiger partial charge in [-0.05, 0) is 50.8 Å². The number of piperidine rings is 1. The molecule has 7 nitrogen and oxygen atoms in total. The van der Waals surface area contributed by atoms with Gasteiger partial charge in [-0.3, -0.25) is 9.59 Å². The lowest BCUT2D eigenvalue weighted by molar-refractivity contribution is -0.148. The van der Waals surface area contributed by atoms with E-state index in [1.807, 2.05) is 44.2 Å². The maximum Gasteiger partial charge on any atom is 0.313 e. The van der Waals surface area contributed by atoms with Crippen LogP contribution < -0.4 is 11.1 Å². The van der Waals surface area contributed by atoms with E-state index in [9.17, 15) is 9.59 Å². The molecule has 1 aromatic heterocycles. The van der Waals surface area contributed by atoms with E-state index in [-0.39, 0.29) is 18.2 Å². The average molecular weight is 396 g/mol. The standard InChI is InChI=1S/C22H28N4O3/c1-14(2)29-18-9-10-26(19(12-18)16-7-5-4-6-8-16)22(28)21(27)25-17-11-15(3)20(23)24-13-17/h4-8,11,13-14,18-19H,9-10,12H2,1-3H3,(H2,23,24)(H,25,27)/t18-,19-/m0/s1. The highest BCUT2D eigenvalue weighted by molar-refractivity contribution is 6.39. The summed E-state index contributed by atoms with van der Waals surface area (Å²) in [7, 11) is 0. The number of aromatic nitrogens is 1. The molecule has 0 spiro atoms. The minimum atomic E-state index is -0.680. The molecule has 3 rings (SSSR count). The molecule has 1 aliphatic rings. The van der Waals surface area contributed by atoms with Crippen molar-refractivity contribution in [1.82, 2.24) is 9.88 Å². The summed E-state index contributed by atoms with van der Waals surface area (Å²) in [6.45, 7) is 6.27. The van der Waals surface area contributed by atoms with E-state index in [4.69, 9.17) is 10.5 Å². The van der Waals surface area contributed by atoms with Gasteiger partial charge >= 0.3 is 11.8 Å². The summed E-state index contributed by atoms with van der Waals surface area (Å²) in [5, 5.41) is 2.64. The van der Waals surface area contributed by atoms with Crippen molar-refractivity contribution in [2.24, 2.45) is 0 Å². The van der Waals surface area contributed by atoms with Crippen LogP contribution in [0.4, 0.5) is 11.5 Å². The van der Waals surface area contributed by atoms with Crippen LogP contribution in [0.25, 0.3) is 0 Å². The van der Waals surface area contributed by atoms with E-state index in [2.05, 4.69) is 10.3 Å². The molecule has 2 atom stereocenters. The second-order valence-electron chi connectivity index (χ2n) is 7.64. The molecule has 0 aliphatic carbocycles. The van der Waals surface area contributed by atoms with E-state index in [0.29, 0.717) is 30.9 Å². The number of carbonyl (C=O) groups is 2. The Kier molecular flexibility index (Phi) is 6.49. The Labute approximate surface area is 171 Å². The Morgan fingerprint density at radius 3 is 2.66 bits per heavy atom. The van der Waals surface area contributed by atoms with Crippen molar-refractivity contribution in [1.29, 1.82) is 0 Å². The Balaban J connectivity index is 1.77. The number of pyridine rings is 1. The third kappa shape index (κ3) is 5.12. The maximum absolute atomic E-state index is 13.0. The Hall–Kier alpha value is -2.93. The Bertz CT molecular complexity index is 870. The number of nitrogens with two attached hydrogens (primary N) is 1. The van der Waals surface area contributed by atoms with Gasteiger partial charge in [0.2, 0.25) is 0 Å². The van der Waals surface area contributed by atoms with E-state index in [1.54, 1.807) is 17.9 Å². The molecule has 29 heavy (non-hydrogen) atoms. The summed E-state index contributed by atoms with van der Waals surface area (Å²) in [6, 6.07) is 11.3. The number of nitrogens with one attached hydrogen (secondary N) is 1. The van der Waals surface area contributed by atoms with Crippen molar-refractivity contribution in [3.8, 4) is 0 Å². The molecule has 1 fully saturated rings. The third-order valence-electron chi connectivity index (χ3n) is 5.04.